The summed E-state index contributed by atoms with van der Waals surface area (Å²) in [6.45, 7) is 2.47. The van der Waals surface area contributed by atoms with Crippen molar-refractivity contribution in [3.8, 4) is 0 Å². The van der Waals surface area contributed by atoms with E-state index in [0.717, 1.165) is 11.8 Å². The van der Waals surface area contributed by atoms with Crippen LogP contribution in [0.2, 0.25) is 0 Å². The monoisotopic (exact) mass is 179 g/mol. The lowest BCUT2D eigenvalue weighted by molar-refractivity contribution is 0.458. The fourth-order valence-corrected chi connectivity index (χ4v) is 3.71. The molecule has 0 radical (unpaired) electrons. The molecule has 1 aromatic heterocycles. The number of hydrogen-bond donors (Lipinski definition) is 1. The topological polar surface area (TPSA) is 12.0 Å². The summed E-state index contributed by atoms with van der Waals surface area (Å²) in [4.78, 5) is 1.68. The minimum atomic E-state index is 0.855. The predicted molar refractivity (Wildman–Crippen MR) is 51.7 cm³/mol. The fraction of sp³-hybridized carbons (Fsp3) is 0.600. The molecule has 2 atom stereocenters. The molecule has 1 nitrogen and oxygen atoms in total. The summed E-state index contributed by atoms with van der Waals surface area (Å²) < 4.78 is 0. The van der Waals surface area contributed by atoms with Crippen LogP contribution in [-0.4, -0.2) is 13.1 Å². The maximum absolute atomic E-state index is 3.50. The quantitative estimate of drug-likeness (QED) is 0.642. The first kappa shape index (κ1) is 7.10. The van der Waals surface area contributed by atoms with Crippen LogP contribution in [0.25, 0.3) is 0 Å². The van der Waals surface area contributed by atoms with Gasteiger partial charge >= 0.3 is 0 Å². The molecule has 2 heterocycles. The molecule has 3 rings (SSSR count). The van der Waals surface area contributed by atoms with Gasteiger partial charge in [0.1, 0.15) is 0 Å². The van der Waals surface area contributed by atoms with Crippen molar-refractivity contribution in [3.05, 3.63) is 21.9 Å². The average Bonchev–Trinajstić information content (AvgIpc) is 2.71. The molecule has 0 spiro atoms. The van der Waals surface area contributed by atoms with E-state index in [1.54, 1.807) is 10.4 Å². The van der Waals surface area contributed by atoms with E-state index in [1.807, 2.05) is 11.3 Å². The summed E-state index contributed by atoms with van der Waals surface area (Å²) in [5, 5.41) is 5.76. The summed E-state index contributed by atoms with van der Waals surface area (Å²) >= 11 is 1.96. The van der Waals surface area contributed by atoms with Gasteiger partial charge < -0.3 is 5.32 Å². The highest BCUT2D eigenvalue weighted by Crippen LogP contribution is 2.40. The van der Waals surface area contributed by atoms with Crippen LogP contribution in [-0.2, 0) is 6.42 Å². The number of hydrogen-bond acceptors (Lipinski definition) is 2. The first-order valence-corrected chi connectivity index (χ1v) is 5.60. The highest BCUT2D eigenvalue weighted by molar-refractivity contribution is 7.10. The van der Waals surface area contributed by atoms with Crippen molar-refractivity contribution in [1.82, 2.24) is 5.32 Å². The lowest BCUT2D eigenvalue weighted by atomic mass is 9.82. The summed E-state index contributed by atoms with van der Waals surface area (Å²) in [6, 6.07) is 2.31. The van der Waals surface area contributed by atoms with Crippen molar-refractivity contribution in [1.29, 1.82) is 0 Å². The largest absolute Gasteiger partial charge is 0.316 e. The van der Waals surface area contributed by atoms with E-state index < -0.39 is 0 Å². The van der Waals surface area contributed by atoms with Crippen LogP contribution in [0.5, 0.6) is 0 Å². The summed E-state index contributed by atoms with van der Waals surface area (Å²) in [5.74, 6) is 1.80. The summed E-state index contributed by atoms with van der Waals surface area (Å²) in [6.07, 6.45) is 2.73. The zero-order valence-corrected chi connectivity index (χ0v) is 7.86. The van der Waals surface area contributed by atoms with Crippen molar-refractivity contribution in [2.24, 2.45) is 5.92 Å². The van der Waals surface area contributed by atoms with Crippen molar-refractivity contribution in [3.63, 3.8) is 0 Å². The molecular weight excluding hydrogens is 166 g/mol. The molecule has 64 valence electrons. The Hall–Kier alpha value is -0.340. The minimum Gasteiger partial charge on any atom is -0.316 e. The standard InChI is InChI=1S/C10H13NS/c1-2-8-5-11-6-9(8)10-7(1)3-4-12-10/h3-4,8-9,11H,1-2,5-6H2. The number of fused-ring (bicyclic) bond motifs is 3. The van der Waals surface area contributed by atoms with Gasteiger partial charge in [-0.1, -0.05) is 0 Å². The van der Waals surface area contributed by atoms with E-state index in [4.69, 9.17) is 0 Å². The molecule has 1 aliphatic carbocycles. The Morgan fingerprint density at radius 2 is 2.42 bits per heavy atom. The Morgan fingerprint density at radius 1 is 1.42 bits per heavy atom. The zero-order valence-electron chi connectivity index (χ0n) is 7.05. The smallest absolute Gasteiger partial charge is 0.0124 e. The van der Waals surface area contributed by atoms with Gasteiger partial charge in [0, 0.05) is 17.3 Å². The molecule has 1 saturated heterocycles. The van der Waals surface area contributed by atoms with Crippen LogP contribution in [0.15, 0.2) is 11.4 Å². The van der Waals surface area contributed by atoms with Crippen molar-refractivity contribution in [2.45, 2.75) is 18.8 Å². The lowest BCUT2D eigenvalue weighted by Crippen LogP contribution is -2.16. The van der Waals surface area contributed by atoms with Crippen LogP contribution < -0.4 is 5.32 Å². The molecule has 0 amide bonds. The van der Waals surface area contributed by atoms with E-state index in [1.165, 1.54) is 25.9 Å². The first-order chi connectivity index (χ1) is 5.95. The van der Waals surface area contributed by atoms with E-state index in [0.29, 0.717) is 0 Å². The van der Waals surface area contributed by atoms with Crippen LogP contribution in [0.4, 0.5) is 0 Å². The number of nitrogens with one attached hydrogen (secondary N) is 1. The highest BCUT2D eigenvalue weighted by atomic mass is 32.1. The molecule has 12 heavy (non-hydrogen) atoms. The summed E-state index contributed by atoms with van der Waals surface area (Å²) in [7, 11) is 0. The third-order valence-corrected chi connectivity index (χ3v) is 4.33. The van der Waals surface area contributed by atoms with E-state index >= 15 is 0 Å². The van der Waals surface area contributed by atoms with Crippen molar-refractivity contribution >= 4 is 11.3 Å². The predicted octanol–water partition coefficient (Wildman–Crippen LogP) is 2.00. The molecule has 1 fully saturated rings. The van der Waals surface area contributed by atoms with Crippen LogP contribution in [0.1, 0.15) is 22.8 Å². The molecule has 0 aromatic carbocycles. The maximum atomic E-state index is 3.50. The van der Waals surface area contributed by atoms with Gasteiger partial charge in [0.2, 0.25) is 0 Å². The third kappa shape index (κ3) is 0.882. The second-order valence-corrected chi connectivity index (χ2v) is 4.82. The van der Waals surface area contributed by atoms with Gasteiger partial charge in [-0.15, -0.1) is 11.3 Å². The molecule has 2 heteroatoms. The number of rotatable bonds is 0. The van der Waals surface area contributed by atoms with Gasteiger partial charge in [-0.2, -0.15) is 0 Å². The lowest BCUT2D eigenvalue weighted by Gasteiger charge is -2.24. The van der Waals surface area contributed by atoms with Crippen LogP contribution in [0.3, 0.4) is 0 Å². The number of aryl methyl sites for hydroxylation is 1. The molecule has 0 saturated carbocycles. The van der Waals surface area contributed by atoms with Crippen molar-refractivity contribution in [2.75, 3.05) is 13.1 Å². The zero-order chi connectivity index (χ0) is 7.97. The third-order valence-electron chi connectivity index (χ3n) is 3.24. The van der Waals surface area contributed by atoms with Gasteiger partial charge in [-0.05, 0) is 42.3 Å². The van der Waals surface area contributed by atoms with Gasteiger partial charge in [0.25, 0.3) is 0 Å². The van der Waals surface area contributed by atoms with Gasteiger partial charge in [0.15, 0.2) is 0 Å². The maximum Gasteiger partial charge on any atom is 0.0124 e. The molecule has 2 unspecified atom stereocenters. The van der Waals surface area contributed by atoms with Crippen LogP contribution in [0, 0.1) is 5.92 Å². The van der Waals surface area contributed by atoms with Crippen LogP contribution >= 0.6 is 11.3 Å². The second-order valence-electron chi connectivity index (χ2n) is 3.87. The molecule has 1 aromatic rings. The molecule has 1 N–H and O–H groups in total. The Balaban J connectivity index is 2.04. The average molecular weight is 179 g/mol. The summed E-state index contributed by atoms with van der Waals surface area (Å²) in [5.41, 5.74) is 1.63. The molecule has 1 aliphatic heterocycles. The van der Waals surface area contributed by atoms with E-state index in [2.05, 4.69) is 16.8 Å². The van der Waals surface area contributed by atoms with E-state index in [-0.39, 0.29) is 0 Å². The Labute approximate surface area is 76.8 Å². The Bertz CT molecular complexity index is 292. The normalized spacial score (nSPS) is 33.0. The minimum absolute atomic E-state index is 0.855. The fourth-order valence-electron chi connectivity index (χ4n) is 2.56. The second kappa shape index (κ2) is 2.57. The first-order valence-electron chi connectivity index (χ1n) is 4.72. The molecular formula is C10H13NS. The van der Waals surface area contributed by atoms with Gasteiger partial charge in [-0.3, -0.25) is 0 Å². The Kier molecular flexibility index (Phi) is 1.52. The Morgan fingerprint density at radius 3 is 3.42 bits per heavy atom. The molecule has 0 bridgehead atoms. The SMILES string of the molecule is c1cc2c(s1)C1CNCC1CC2. The van der Waals surface area contributed by atoms with E-state index in [9.17, 15) is 0 Å². The number of thiophene rings is 1. The molecule has 2 aliphatic rings. The van der Waals surface area contributed by atoms with Crippen molar-refractivity contribution < 1.29 is 0 Å². The van der Waals surface area contributed by atoms with Gasteiger partial charge in [-0.25, -0.2) is 0 Å². The van der Waals surface area contributed by atoms with Gasteiger partial charge in [0.05, 0.1) is 0 Å². The highest BCUT2D eigenvalue weighted by Gasteiger charge is 2.33.